The van der Waals surface area contributed by atoms with Crippen LogP contribution in [-0.2, 0) is 11.3 Å². The first kappa shape index (κ1) is 15.9. The zero-order valence-electron chi connectivity index (χ0n) is 12.2. The SMILES string of the molecule is COc1ccc(C(C)=O)cc1CN1CCSCC1C(=O)O. The molecular weight excluding hydrogens is 290 g/mol. The Kier molecular flexibility index (Phi) is 5.25. The molecule has 1 aliphatic rings. The largest absolute Gasteiger partial charge is 0.496 e. The molecule has 0 saturated carbocycles. The molecule has 21 heavy (non-hydrogen) atoms. The second kappa shape index (κ2) is 6.95. The number of ether oxygens (including phenoxy) is 1. The van der Waals surface area contributed by atoms with Crippen LogP contribution >= 0.6 is 11.8 Å². The Morgan fingerprint density at radius 2 is 2.24 bits per heavy atom. The minimum atomic E-state index is -0.802. The number of carbonyl (C=O) groups excluding carboxylic acids is 1. The van der Waals surface area contributed by atoms with Gasteiger partial charge in [-0.25, -0.2) is 0 Å². The number of nitrogens with zero attached hydrogens (tertiary/aromatic N) is 1. The highest BCUT2D eigenvalue weighted by Crippen LogP contribution is 2.25. The predicted molar refractivity (Wildman–Crippen MR) is 82.2 cm³/mol. The van der Waals surface area contributed by atoms with Gasteiger partial charge in [0.2, 0.25) is 0 Å². The Bertz CT molecular complexity index is 546. The van der Waals surface area contributed by atoms with Gasteiger partial charge in [-0.15, -0.1) is 0 Å². The molecule has 1 saturated heterocycles. The molecule has 6 heteroatoms. The highest BCUT2D eigenvalue weighted by atomic mass is 32.2. The molecule has 1 N–H and O–H groups in total. The Labute approximate surface area is 128 Å². The van der Waals surface area contributed by atoms with Crippen molar-refractivity contribution in [1.29, 1.82) is 0 Å². The van der Waals surface area contributed by atoms with Crippen LogP contribution in [0.5, 0.6) is 5.75 Å². The molecule has 1 heterocycles. The maximum Gasteiger partial charge on any atom is 0.321 e. The maximum absolute atomic E-state index is 11.5. The van der Waals surface area contributed by atoms with Gasteiger partial charge in [0.25, 0.3) is 0 Å². The van der Waals surface area contributed by atoms with Gasteiger partial charge in [0.1, 0.15) is 11.8 Å². The highest BCUT2D eigenvalue weighted by molar-refractivity contribution is 7.99. The highest BCUT2D eigenvalue weighted by Gasteiger charge is 2.29. The standard InChI is InChI=1S/C15H19NO4S/c1-10(17)11-3-4-14(20-2)12(7-11)8-16-5-6-21-9-13(16)15(18)19/h3-4,7,13H,5-6,8-9H2,1-2H3,(H,18,19). The van der Waals surface area contributed by atoms with Gasteiger partial charge in [-0.05, 0) is 25.1 Å². The van der Waals surface area contributed by atoms with Gasteiger partial charge in [-0.3, -0.25) is 14.5 Å². The van der Waals surface area contributed by atoms with Crippen LogP contribution in [0.25, 0.3) is 0 Å². The molecule has 1 fully saturated rings. The Morgan fingerprint density at radius 1 is 1.48 bits per heavy atom. The number of rotatable bonds is 5. The fraction of sp³-hybridized carbons (Fsp3) is 0.467. The molecule has 1 unspecified atom stereocenters. The first-order chi connectivity index (χ1) is 10.0. The van der Waals surface area contributed by atoms with E-state index in [9.17, 15) is 14.7 Å². The van der Waals surface area contributed by atoms with Gasteiger partial charge in [-0.2, -0.15) is 11.8 Å². The summed E-state index contributed by atoms with van der Waals surface area (Å²) in [5, 5.41) is 9.32. The van der Waals surface area contributed by atoms with E-state index in [0.717, 1.165) is 17.9 Å². The minimum Gasteiger partial charge on any atom is -0.496 e. The summed E-state index contributed by atoms with van der Waals surface area (Å²) in [6, 6.07) is 4.79. The summed E-state index contributed by atoms with van der Waals surface area (Å²) in [6.07, 6.45) is 0. The van der Waals surface area contributed by atoms with Crippen LogP contribution in [0.15, 0.2) is 18.2 Å². The lowest BCUT2D eigenvalue weighted by atomic mass is 10.1. The molecule has 1 aromatic carbocycles. The average molecular weight is 309 g/mol. The van der Waals surface area contributed by atoms with Crippen molar-refractivity contribution in [2.45, 2.75) is 19.5 Å². The lowest BCUT2D eigenvalue weighted by Gasteiger charge is -2.32. The lowest BCUT2D eigenvalue weighted by molar-refractivity contribution is -0.142. The number of benzene rings is 1. The van der Waals surface area contributed by atoms with E-state index >= 15 is 0 Å². The van der Waals surface area contributed by atoms with Crippen molar-refractivity contribution in [3.63, 3.8) is 0 Å². The topological polar surface area (TPSA) is 66.8 Å². The van der Waals surface area contributed by atoms with Crippen LogP contribution < -0.4 is 4.74 Å². The molecule has 0 aromatic heterocycles. The number of methoxy groups -OCH3 is 1. The smallest absolute Gasteiger partial charge is 0.321 e. The summed E-state index contributed by atoms with van der Waals surface area (Å²) in [4.78, 5) is 24.8. The van der Waals surface area contributed by atoms with Crippen LogP contribution in [-0.4, -0.2) is 53.0 Å². The zero-order chi connectivity index (χ0) is 15.4. The molecule has 0 radical (unpaired) electrons. The maximum atomic E-state index is 11.5. The van der Waals surface area contributed by atoms with Crippen LogP contribution in [0.1, 0.15) is 22.8 Å². The molecule has 114 valence electrons. The van der Waals surface area contributed by atoms with Gasteiger partial charge in [-0.1, -0.05) is 0 Å². The molecule has 0 amide bonds. The summed E-state index contributed by atoms with van der Waals surface area (Å²) >= 11 is 1.66. The average Bonchev–Trinajstić information content (AvgIpc) is 2.47. The number of ketones is 1. The minimum absolute atomic E-state index is 0.0112. The van der Waals surface area contributed by atoms with Crippen molar-refractivity contribution in [2.24, 2.45) is 0 Å². The normalized spacial score (nSPS) is 19.2. The number of hydrogen-bond acceptors (Lipinski definition) is 5. The van der Waals surface area contributed by atoms with E-state index in [1.807, 2.05) is 4.90 Å². The van der Waals surface area contributed by atoms with Gasteiger partial charge >= 0.3 is 5.97 Å². The second-order valence-electron chi connectivity index (χ2n) is 4.98. The zero-order valence-corrected chi connectivity index (χ0v) is 13.0. The number of aliphatic carboxylic acids is 1. The summed E-state index contributed by atoms with van der Waals surface area (Å²) in [5.41, 5.74) is 1.47. The number of thioether (sulfide) groups is 1. The number of hydrogen-bond donors (Lipinski definition) is 1. The summed E-state index contributed by atoms with van der Waals surface area (Å²) in [6.45, 7) is 2.71. The van der Waals surface area contributed by atoms with Crippen LogP contribution in [0, 0.1) is 0 Å². The van der Waals surface area contributed by atoms with Gasteiger partial charge in [0.15, 0.2) is 5.78 Å². The monoisotopic (exact) mass is 309 g/mol. The summed E-state index contributed by atoms with van der Waals surface area (Å²) in [7, 11) is 1.58. The van der Waals surface area contributed by atoms with Crippen molar-refractivity contribution >= 4 is 23.5 Å². The van der Waals surface area contributed by atoms with E-state index in [1.54, 1.807) is 37.1 Å². The molecule has 2 rings (SSSR count). The predicted octanol–water partition coefficient (Wildman–Crippen LogP) is 1.90. The van der Waals surface area contributed by atoms with E-state index in [4.69, 9.17) is 4.74 Å². The van der Waals surface area contributed by atoms with Crippen molar-refractivity contribution in [3.05, 3.63) is 29.3 Å². The Balaban J connectivity index is 2.25. The third-order valence-electron chi connectivity index (χ3n) is 3.58. The van der Waals surface area contributed by atoms with Crippen molar-refractivity contribution in [3.8, 4) is 5.75 Å². The van der Waals surface area contributed by atoms with E-state index in [-0.39, 0.29) is 5.78 Å². The van der Waals surface area contributed by atoms with E-state index < -0.39 is 12.0 Å². The van der Waals surface area contributed by atoms with Crippen molar-refractivity contribution in [1.82, 2.24) is 4.90 Å². The van der Waals surface area contributed by atoms with Crippen molar-refractivity contribution in [2.75, 3.05) is 25.2 Å². The summed E-state index contributed by atoms with van der Waals surface area (Å²) in [5.74, 6) is 1.37. The number of Topliss-reactive ketones (excluding diaryl/α,β-unsaturated/α-hetero) is 1. The molecular formula is C15H19NO4S. The van der Waals surface area contributed by atoms with Gasteiger partial charge in [0, 0.05) is 35.7 Å². The molecule has 0 bridgehead atoms. The number of carboxylic acids is 1. The van der Waals surface area contributed by atoms with Crippen LogP contribution in [0.4, 0.5) is 0 Å². The fourth-order valence-corrected chi connectivity index (χ4v) is 3.50. The third kappa shape index (κ3) is 3.77. The molecule has 1 aromatic rings. The second-order valence-corrected chi connectivity index (χ2v) is 6.13. The van der Waals surface area contributed by atoms with E-state index in [1.165, 1.54) is 6.92 Å². The van der Waals surface area contributed by atoms with E-state index in [2.05, 4.69) is 0 Å². The van der Waals surface area contributed by atoms with Gasteiger partial charge in [0.05, 0.1) is 7.11 Å². The molecule has 0 spiro atoms. The number of carboxylic acid groups (broad SMARTS) is 1. The van der Waals surface area contributed by atoms with Gasteiger partial charge < -0.3 is 9.84 Å². The Hall–Kier alpha value is -1.53. The molecule has 1 aliphatic heterocycles. The molecule has 5 nitrogen and oxygen atoms in total. The quantitative estimate of drug-likeness (QED) is 0.838. The van der Waals surface area contributed by atoms with Crippen LogP contribution in [0.2, 0.25) is 0 Å². The van der Waals surface area contributed by atoms with Crippen molar-refractivity contribution < 1.29 is 19.4 Å². The van der Waals surface area contributed by atoms with Crippen LogP contribution in [0.3, 0.4) is 0 Å². The third-order valence-corrected chi connectivity index (χ3v) is 4.61. The summed E-state index contributed by atoms with van der Waals surface area (Å²) < 4.78 is 5.33. The molecule has 0 aliphatic carbocycles. The first-order valence-electron chi connectivity index (χ1n) is 6.75. The lowest BCUT2D eigenvalue weighted by Crippen LogP contribution is -2.46. The fourth-order valence-electron chi connectivity index (χ4n) is 2.39. The number of carbonyl (C=O) groups is 2. The van der Waals surface area contributed by atoms with E-state index in [0.29, 0.717) is 23.6 Å². The molecule has 1 atom stereocenters. The Morgan fingerprint density at radius 3 is 2.86 bits per heavy atom. The first-order valence-corrected chi connectivity index (χ1v) is 7.91.